The van der Waals surface area contributed by atoms with Gasteiger partial charge in [0.25, 0.3) is 0 Å². The molecule has 0 bridgehead atoms. The van der Waals surface area contributed by atoms with E-state index in [-0.39, 0.29) is 15.7 Å². The van der Waals surface area contributed by atoms with Crippen molar-refractivity contribution in [3.63, 3.8) is 0 Å². The van der Waals surface area contributed by atoms with Gasteiger partial charge in [-0.15, -0.1) is 0 Å². The number of hydrogen-bond acceptors (Lipinski definition) is 2. The normalized spacial score (nSPS) is 26.4. The monoisotopic (exact) mass is 233 g/mol. The van der Waals surface area contributed by atoms with Gasteiger partial charge in [-0.25, -0.2) is 0 Å². The molecule has 0 amide bonds. The second-order valence-electron chi connectivity index (χ2n) is 1.63. The Morgan fingerprint density at radius 2 is 2.33 bits per heavy atom. The fraction of sp³-hybridized carbons (Fsp3) is 0.625. The largest absolute Gasteiger partial charge is 0.358 e. The van der Waals surface area contributed by atoms with Crippen molar-refractivity contribution in [3.8, 4) is 0 Å². The Kier molecular flexibility index (Phi) is 1.94. The maximum atomic E-state index is 7.67. The molecule has 12 heavy (non-hydrogen) atoms. The van der Waals surface area contributed by atoms with Gasteiger partial charge in [-0.3, -0.25) is 0 Å². The van der Waals surface area contributed by atoms with Gasteiger partial charge in [0.05, 0.1) is 0 Å². The molecule has 0 saturated carbocycles. The minimum Gasteiger partial charge on any atom is -0.358 e. The van der Waals surface area contributed by atoms with Crippen LogP contribution in [0, 0.1) is 0 Å². The van der Waals surface area contributed by atoms with Crippen molar-refractivity contribution in [2.24, 2.45) is 0 Å². The summed E-state index contributed by atoms with van der Waals surface area (Å²) in [4.78, 5) is -0.0418. The molecule has 0 saturated heterocycles. The average Bonchev–Trinajstić information content (AvgIpc) is 2.22. The molecule has 0 unspecified atom stereocenters. The lowest BCUT2D eigenvalue weighted by molar-refractivity contribution is 0.482. The average molecular weight is 234 g/mol. The van der Waals surface area contributed by atoms with Gasteiger partial charge < -0.3 is 4.90 Å². The Morgan fingerprint density at radius 3 is 2.75 bits per heavy atom. The molecular weight excluding hydrogens is 210 g/mol. The first-order valence-corrected chi connectivity index (χ1v) is 4.54. The SMILES string of the molecule is [2H]C([2H])([2H])C([2H])([2H])N(C(=S)SCC(=C)Cl)C([2H])([2H])C([2H])([2H])[2H]. The summed E-state index contributed by atoms with van der Waals surface area (Å²) in [5.41, 5.74) is 0. The number of halogens is 1. The molecule has 0 aliphatic carbocycles. The smallest absolute Gasteiger partial charge is 0.136 e. The van der Waals surface area contributed by atoms with Gasteiger partial charge in [0, 0.05) is 37.5 Å². The predicted octanol–water partition coefficient (Wildman–Crippen LogP) is 3.10. The standard InChI is InChI=1S/C8H14ClNS2/c1-4-10(5-2)8(11)12-6-7(3)9/h3-6H2,1-2H3/i1D3,2D3,4D2,5D2. The van der Waals surface area contributed by atoms with Crippen LogP contribution in [0.5, 0.6) is 0 Å². The highest BCUT2D eigenvalue weighted by Gasteiger charge is 2.05. The Morgan fingerprint density at radius 1 is 1.75 bits per heavy atom. The highest BCUT2D eigenvalue weighted by molar-refractivity contribution is 8.23. The van der Waals surface area contributed by atoms with E-state index in [1.165, 1.54) is 0 Å². The number of thioether (sulfide) groups is 1. The second kappa shape index (κ2) is 6.75. The molecule has 1 nitrogen and oxygen atoms in total. The molecule has 0 spiro atoms. The van der Waals surface area contributed by atoms with Gasteiger partial charge in [-0.2, -0.15) is 0 Å². The summed E-state index contributed by atoms with van der Waals surface area (Å²) < 4.78 is 73.4. The lowest BCUT2D eigenvalue weighted by atomic mass is 10.6. The Bertz CT molecular complexity index is 417. The molecule has 0 rings (SSSR count). The van der Waals surface area contributed by atoms with Crippen LogP contribution in [0.3, 0.4) is 0 Å². The molecule has 0 aromatic carbocycles. The van der Waals surface area contributed by atoms with E-state index in [0.29, 0.717) is 11.8 Å². The maximum absolute atomic E-state index is 7.67. The van der Waals surface area contributed by atoms with Crippen molar-refractivity contribution in [1.82, 2.24) is 4.90 Å². The van der Waals surface area contributed by atoms with Crippen molar-refractivity contribution in [2.45, 2.75) is 13.7 Å². The van der Waals surface area contributed by atoms with Crippen LogP contribution in [-0.4, -0.2) is 28.0 Å². The van der Waals surface area contributed by atoms with E-state index in [0.717, 1.165) is 0 Å². The number of nitrogens with zero attached hydrogens (tertiary/aromatic N) is 1. The van der Waals surface area contributed by atoms with Gasteiger partial charge in [0.2, 0.25) is 0 Å². The molecule has 0 aromatic heterocycles. The van der Waals surface area contributed by atoms with E-state index in [2.05, 4.69) is 6.58 Å². The first kappa shape index (κ1) is 3.44. The van der Waals surface area contributed by atoms with Crippen LogP contribution in [0.2, 0.25) is 0 Å². The van der Waals surface area contributed by atoms with Crippen LogP contribution < -0.4 is 0 Å². The predicted molar refractivity (Wildman–Crippen MR) is 63.0 cm³/mol. The molecule has 0 aromatic rings. The third-order valence-electron chi connectivity index (χ3n) is 0.758. The molecular formula is C8H14ClNS2. The Hall–Kier alpha value is 0.270. The Balaban J connectivity index is 5.92. The van der Waals surface area contributed by atoms with Gasteiger partial charge in [0.1, 0.15) is 4.32 Å². The first-order valence-electron chi connectivity index (χ1n) is 7.76. The van der Waals surface area contributed by atoms with Crippen molar-refractivity contribution in [1.29, 1.82) is 0 Å². The third kappa shape index (κ3) is 5.01. The fourth-order valence-electron chi connectivity index (χ4n) is 0.324. The van der Waals surface area contributed by atoms with Crippen LogP contribution in [0.15, 0.2) is 11.6 Å². The molecule has 0 N–H and O–H groups in total. The second-order valence-corrected chi connectivity index (χ2v) is 3.77. The molecule has 4 heteroatoms. The highest BCUT2D eigenvalue weighted by atomic mass is 35.5. The molecule has 0 radical (unpaired) electrons. The van der Waals surface area contributed by atoms with Crippen LogP contribution in [0.25, 0.3) is 0 Å². The van der Waals surface area contributed by atoms with Gasteiger partial charge in [-0.1, -0.05) is 42.2 Å². The lowest BCUT2D eigenvalue weighted by Gasteiger charge is -2.20. The van der Waals surface area contributed by atoms with Crippen molar-refractivity contribution in [3.05, 3.63) is 11.6 Å². The molecule has 0 aliphatic rings. The minimum atomic E-state index is -3.33. The van der Waals surface area contributed by atoms with E-state index >= 15 is 0 Å². The third-order valence-corrected chi connectivity index (χ3v) is 2.51. The number of hydrogen-bond donors (Lipinski definition) is 0. The highest BCUT2D eigenvalue weighted by Crippen LogP contribution is 2.14. The van der Waals surface area contributed by atoms with Crippen LogP contribution in [0.4, 0.5) is 0 Å². The van der Waals surface area contributed by atoms with Gasteiger partial charge in [-0.05, 0) is 13.7 Å². The fourth-order valence-corrected chi connectivity index (χ4v) is 1.26. The molecule has 0 fully saturated rings. The zero-order valence-corrected chi connectivity index (χ0v) is 8.44. The molecule has 0 atom stereocenters. The molecule has 0 aliphatic heterocycles. The topological polar surface area (TPSA) is 3.24 Å². The summed E-state index contributed by atoms with van der Waals surface area (Å²) in [5, 5.41) is 0.108. The van der Waals surface area contributed by atoms with E-state index in [1.807, 2.05) is 0 Å². The van der Waals surface area contributed by atoms with Gasteiger partial charge in [0.15, 0.2) is 0 Å². The first-order chi connectivity index (χ1) is 9.46. The summed E-state index contributed by atoms with van der Waals surface area (Å²) in [7, 11) is 0. The van der Waals surface area contributed by atoms with Crippen LogP contribution >= 0.6 is 35.6 Å². The lowest BCUT2D eigenvalue weighted by Crippen LogP contribution is -2.26. The zero-order chi connectivity index (χ0) is 18.1. The quantitative estimate of drug-likeness (QED) is 0.688. The van der Waals surface area contributed by atoms with E-state index < -0.39 is 31.0 Å². The summed E-state index contributed by atoms with van der Waals surface area (Å²) in [6.07, 6.45) is 0. The Labute approximate surface area is 103 Å². The van der Waals surface area contributed by atoms with E-state index in [9.17, 15) is 0 Å². The summed E-state index contributed by atoms with van der Waals surface area (Å²) in [6.45, 7) is -9.95. The maximum Gasteiger partial charge on any atom is 0.136 e. The van der Waals surface area contributed by atoms with Crippen LogP contribution in [0.1, 0.15) is 27.4 Å². The van der Waals surface area contributed by atoms with Crippen molar-refractivity contribution < 1.29 is 13.7 Å². The zero-order valence-electron chi connectivity index (χ0n) is 16.1. The summed E-state index contributed by atoms with van der Waals surface area (Å²) in [6, 6.07) is 0. The van der Waals surface area contributed by atoms with Crippen LogP contribution in [-0.2, 0) is 0 Å². The van der Waals surface area contributed by atoms with E-state index in [4.69, 9.17) is 37.5 Å². The molecule has 70 valence electrons. The van der Waals surface area contributed by atoms with Crippen molar-refractivity contribution >= 4 is 39.9 Å². The summed E-state index contributed by atoms with van der Waals surface area (Å²) >= 11 is 11.0. The van der Waals surface area contributed by atoms with Crippen molar-refractivity contribution in [2.75, 3.05) is 18.7 Å². The summed E-state index contributed by atoms with van der Waals surface area (Å²) in [5.74, 6) is -0.0505. The number of rotatable bonds is 4. The number of thiocarbonyl (C=S) groups is 1. The van der Waals surface area contributed by atoms with Gasteiger partial charge >= 0.3 is 0 Å². The minimum absolute atomic E-state index is 0.0418. The molecule has 0 heterocycles. The van der Waals surface area contributed by atoms with E-state index in [1.54, 1.807) is 0 Å².